The molecule has 0 saturated heterocycles. The monoisotopic (exact) mass is 454 g/mol. The predicted octanol–water partition coefficient (Wildman–Crippen LogP) is 5.07. The van der Waals surface area contributed by atoms with E-state index < -0.39 is 0 Å². The summed E-state index contributed by atoms with van der Waals surface area (Å²) in [7, 11) is 3.31. The van der Waals surface area contributed by atoms with Crippen molar-refractivity contribution in [3.63, 3.8) is 0 Å². The molecule has 1 N–H and O–H groups in total. The van der Waals surface area contributed by atoms with E-state index in [1.165, 1.54) is 20.9 Å². The van der Waals surface area contributed by atoms with Crippen LogP contribution in [0, 0.1) is 0 Å². The molecule has 3 aromatic rings. The Labute approximate surface area is 191 Å². The van der Waals surface area contributed by atoms with Crippen molar-refractivity contribution >= 4 is 34.7 Å². The zero-order chi connectivity index (χ0) is 21.8. The molecule has 1 aliphatic rings. The van der Waals surface area contributed by atoms with Crippen molar-refractivity contribution in [1.82, 2.24) is 4.90 Å². The summed E-state index contributed by atoms with van der Waals surface area (Å²) in [6, 6.07) is 16.3. The van der Waals surface area contributed by atoms with Crippen LogP contribution in [0.1, 0.15) is 22.0 Å². The normalized spacial score (nSPS) is 15.9. The van der Waals surface area contributed by atoms with Crippen molar-refractivity contribution < 1.29 is 14.3 Å². The molecule has 0 unspecified atom stereocenters. The van der Waals surface area contributed by atoms with Crippen molar-refractivity contribution in [1.29, 1.82) is 0 Å². The third-order valence-electron chi connectivity index (χ3n) is 5.51. The Morgan fingerprint density at radius 1 is 1.16 bits per heavy atom. The molecule has 1 aromatic heterocycles. The third-order valence-corrected chi connectivity index (χ3v) is 7.17. The van der Waals surface area contributed by atoms with Crippen LogP contribution in [0.4, 0.5) is 5.69 Å². The first kappa shape index (κ1) is 21.7. The smallest absolute Gasteiger partial charge is 0.238 e. The maximum Gasteiger partial charge on any atom is 0.238 e. The molecule has 1 aliphatic heterocycles. The highest BCUT2D eigenvalue weighted by Gasteiger charge is 2.32. The number of anilines is 1. The summed E-state index contributed by atoms with van der Waals surface area (Å²) < 4.78 is 11.1. The average molecular weight is 455 g/mol. The molecule has 1 amide bonds. The second-order valence-electron chi connectivity index (χ2n) is 7.32. The molecule has 5 nitrogen and oxygen atoms in total. The van der Waals surface area contributed by atoms with Gasteiger partial charge in [0.2, 0.25) is 5.91 Å². The molecule has 4 rings (SSSR count). The van der Waals surface area contributed by atoms with Gasteiger partial charge in [-0.15, -0.1) is 23.1 Å². The van der Waals surface area contributed by atoms with Crippen molar-refractivity contribution in [2.75, 3.05) is 38.9 Å². The van der Waals surface area contributed by atoms with E-state index in [0.717, 1.165) is 24.4 Å². The van der Waals surface area contributed by atoms with Crippen LogP contribution in [0.25, 0.3) is 0 Å². The number of thioether (sulfide) groups is 1. The number of hydrogen-bond acceptors (Lipinski definition) is 6. The summed E-state index contributed by atoms with van der Waals surface area (Å²) in [4.78, 5) is 17.5. The van der Waals surface area contributed by atoms with Crippen molar-refractivity contribution in [2.24, 2.45) is 0 Å². The largest absolute Gasteiger partial charge is 0.493 e. The number of carbonyl (C=O) groups is 1. The zero-order valence-corrected chi connectivity index (χ0v) is 19.5. The summed E-state index contributed by atoms with van der Waals surface area (Å²) in [6.07, 6.45) is 2.89. The van der Waals surface area contributed by atoms with Crippen LogP contribution in [0.3, 0.4) is 0 Å². The molecule has 2 heterocycles. The Balaban J connectivity index is 1.59. The minimum Gasteiger partial charge on any atom is -0.493 e. The second-order valence-corrected chi connectivity index (χ2v) is 9.18. The highest BCUT2D eigenvalue weighted by Crippen LogP contribution is 2.42. The number of rotatable bonds is 7. The summed E-state index contributed by atoms with van der Waals surface area (Å²) >= 11 is 3.39. The van der Waals surface area contributed by atoms with Gasteiger partial charge in [-0.25, -0.2) is 0 Å². The van der Waals surface area contributed by atoms with Crippen LogP contribution in [0.15, 0.2) is 58.8 Å². The number of ether oxygens (including phenoxy) is 2. The third kappa shape index (κ3) is 4.74. The number of thiophene rings is 1. The topological polar surface area (TPSA) is 50.8 Å². The Morgan fingerprint density at radius 2 is 1.90 bits per heavy atom. The summed E-state index contributed by atoms with van der Waals surface area (Å²) in [6.45, 7) is 1.12. The fourth-order valence-electron chi connectivity index (χ4n) is 4.01. The first-order valence-electron chi connectivity index (χ1n) is 10.1. The lowest BCUT2D eigenvalue weighted by molar-refractivity contribution is -0.117. The molecule has 162 valence electrons. The van der Waals surface area contributed by atoms with E-state index in [0.29, 0.717) is 12.3 Å². The van der Waals surface area contributed by atoms with E-state index in [9.17, 15) is 4.79 Å². The first-order chi connectivity index (χ1) is 15.1. The minimum atomic E-state index is -0.0117. The minimum absolute atomic E-state index is 0.00757. The number of amides is 1. The quantitative estimate of drug-likeness (QED) is 0.505. The molecule has 7 heteroatoms. The van der Waals surface area contributed by atoms with Crippen LogP contribution >= 0.6 is 23.1 Å². The molecule has 0 spiro atoms. The van der Waals surface area contributed by atoms with Gasteiger partial charge >= 0.3 is 0 Å². The Morgan fingerprint density at radius 3 is 2.55 bits per heavy atom. The lowest BCUT2D eigenvalue weighted by atomic mass is 9.91. The number of benzene rings is 2. The van der Waals surface area contributed by atoms with Crippen LogP contribution in [0.5, 0.6) is 11.5 Å². The highest BCUT2D eigenvalue weighted by atomic mass is 32.2. The van der Waals surface area contributed by atoms with Crippen LogP contribution in [-0.4, -0.2) is 44.4 Å². The SMILES string of the molecule is COc1cc2c(cc1OC)[C@H](c1cccs1)N(CC(=O)Nc1ccc(SC)cc1)CC2. The van der Waals surface area contributed by atoms with Gasteiger partial charge in [0.05, 0.1) is 26.8 Å². The second kappa shape index (κ2) is 9.77. The van der Waals surface area contributed by atoms with Gasteiger partial charge in [0.1, 0.15) is 0 Å². The van der Waals surface area contributed by atoms with Gasteiger partial charge in [-0.2, -0.15) is 0 Å². The van der Waals surface area contributed by atoms with Crippen molar-refractivity contribution in [3.8, 4) is 11.5 Å². The van der Waals surface area contributed by atoms with E-state index in [4.69, 9.17) is 9.47 Å². The highest BCUT2D eigenvalue weighted by molar-refractivity contribution is 7.98. The van der Waals surface area contributed by atoms with Crippen LogP contribution in [-0.2, 0) is 11.2 Å². The van der Waals surface area contributed by atoms with E-state index in [-0.39, 0.29) is 11.9 Å². The van der Waals surface area contributed by atoms with E-state index in [1.54, 1.807) is 37.3 Å². The number of fused-ring (bicyclic) bond motifs is 1. The van der Waals surface area contributed by atoms with E-state index in [2.05, 4.69) is 39.9 Å². The summed E-state index contributed by atoms with van der Waals surface area (Å²) in [5.41, 5.74) is 3.23. The molecular formula is C24H26N2O3S2. The molecule has 1 atom stereocenters. The number of hydrogen-bond donors (Lipinski definition) is 1. The van der Waals surface area contributed by atoms with Crippen LogP contribution in [0.2, 0.25) is 0 Å². The van der Waals surface area contributed by atoms with E-state index >= 15 is 0 Å². The van der Waals surface area contributed by atoms with Gasteiger partial charge in [-0.3, -0.25) is 9.69 Å². The maximum absolute atomic E-state index is 12.9. The fraction of sp³-hybridized carbons (Fsp3) is 0.292. The molecule has 0 radical (unpaired) electrons. The summed E-state index contributed by atoms with van der Waals surface area (Å²) in [5, 5.41) is 5.12. The van der Waals surface area contributed by atoms with E-state index in [1.807, 2.05) is 30.5 Å². The Hall–Kier alpha value is -2.48. The number of carbonyl (C=O) groups excluding carboxylic acids is 1. The molecule has 0 fully saturated rings. The average Bonchev–Trinajstić information content (AvgIpc) is 3.32. The first-order valence-corrected chi connectivity index (χ1v) is 12.2. The number of nitrogens with one attached hydrogen (secondary N) is 1. The molecule has 0 aliphatic carbocycles. The van der Waals surface area contributed by atoms with Gasteiger partial charge in [0.15, 0.2) is 11.5 Å². The van der Waals surface area contributed by atoms with Gasteiger partial charge < -0.3 is 14.8 Å². The van der Waals surface area contributed by atoms with Gasteiger partial charge in [0.25, 0.3) is 0 Å². The number of methoxy groups -OCH3 is 2. The molecule has 0 bridgehead atoms. The lowest BCUT2D eigenvalue weighted by Gasteiger charge is -2.37. The molecule has 0 saturated carbocycles. The van der Waals surface area contributed by atoms with Gasteiger partial charge in [-0.1, -0.05) is 6.07 Å². The van der Waals surface area contributed by atoms with Crippen molar-refractivity contribution in [3.05, 3.63) is 69.9 Å². The number of nitrogens with zero attached hydrogens (tertiary/aromatic N) is 1. The summed E-state index contributed by atoms with van der Waals surface area (Å²) in [5.74, 6) is 1.44. The van der Waals surface area contributed by atoms with Crippen molar-refractivity contribution in [2.45, 2.75) is 17.4 Å². The molecular weight excluding hydrogens is 428 g/mol. The van der Waals surface area contributed by atoms with Crippen LogP contribution < -0.4 is 14.8 Å². The standard InChI is InChI=1S/C24H26N2O3S2/c1-28-20-13-16-10-11-26(15-23(27)25-17-6-8-18(30-3)9-7-17)24(22-5-4-12-31-22)19(16)14-21(20)29-2/h4-9,12-14,24H,10-11,15H2,1-3H3,(H,25,27)/t24-/m1/s1. The zero-order valence-electron chi connectivity index (χ0n) is 17.9. The lowest BCUT2D eigenvalue weighted by Crippen LogP contribution is -2.40. The Bertz CT molecular complexity index is 1040. The fourth-order valence-corrected chi connectivity index (χ4v) is 5.29. The van der Waals surface area contributed by atoms with Gasteiger partial charge in [-0.05, 0) is 71.6 Å². The molecule has 31 heavy (non-hydrogen) atoms. The predicted molar refractivity (Wildman–Crippen MR) is 128 cm³/mol. The maximum atomic E-state index is 12.9. The Kier molecular flexibility index (Phi) is 6.85. The molecule has 2 aromatic carbocycles. The van der Waals surface area contributed by atoms with Gasteiger partial charge in [0, 0.05) is 22.0 Å².